The van der Waals surface area contributed by atoms with Gasteiger partial charge in [-0.1, -0.05) is 6.07 Å². The fourth-order valence-electron chi connectivity index (χ4n) is 1.06. The number of carboxylic acids is 1. The minimum Gasteiger partial charge on any atom is -0.480 e. The van der Waals surface area contributed by atoms with Gasteiger partial charge in [0, 0.05) is 5.69 Å². The summed E-state index contributed by atoms with van der Waals surface area (Å²) >= 11 is 0. The molecule has 1 rings (SSSR count). The number of hydrogen-bond acceptors (Lipinski definition) is 4. The van der Waals surface area contributed by atoms with Gasteiger partial charge in [0.2, 0.25) is 0 Å². The number of aliphatic carboxylic acids is 1. The van der Waals surface area contributed by atoms with Crippen molar-refractivity contribution in [2.24, 2.45) is 0 Å². The Labute approximate surface area is 87.4 Å². The van der Waals surface area contributed by atoms with Crippen LogP contribution in [0.25, 0.3) is 0 Å². The van der Waals surface area contributed by atoms with E-state index in [1.807, 2.05) is 0 Å². The summed E-state index contributed by atoms with van der Waals surface area (Å²) in [7, 11) is -3.78. The van der Waals surface area contributed by atoms with Crippen molar-refractivity contribution in [1.82, 2.24) is 0 Å². The van der Waals surface area contributed by atoms with Crippen molar-refractivity contribution >= 4 is 21.5 Å². The maximum atomic E-state index is 11.5. The number of carbonyl (C=O) groups is 1. The predicted molar refractivity (Wildman–Crippen MR) is 55.3 cm³/mol. The van der Waals surface area contributed by atoms with Crippen LogP contribution in [0.2, 0.25) is 0 Å². The van der Waals surface area contributed by atoms with Crippen molar-refractivity contribution in [3.63, 3.8) is 0 Å². The van der Waals surface area contributed by atoms with Gasteiger partial charge in [-0.05, 0) is 24.6 Å². The average molecular weight is 229 g/mol. The third kappa shape index (κ3) is 2.69. The highest BCUT2D eigenvalue weighted by molar-refractivity contribution is 7.92. The van der Waals surface area contributed by atoms with Crippen LogP contribution in [0.5, 0.6) is 0 Å². The lowest BCUT2D eigenvalue weighted by Gasteiger charge is -2.04. The van der Waals surface area contributed by atoms with Crippen LogP contribution in [-0.4, -0.2) is 25.2 Å². The molecule has 0 aromatic heterocycles. The Kier molecular flexibility index (Phi) is 2.99. The molecule has 0 aliphatic heterocycles. The Morgan fingerprint density at radius 1 is 1.47 bits per heavy atom. The second kappa shape index (κ2) is 3.90. The van der Waals surface area contributed by atoms with Crippen molar-refractivity contribution in [3.8, 4) is 0 Å². The number of rotatable bonds is 3. The second-order valence-corrected chi connectivity index (χ2v) is 5.16. The van der Waals surface area contributed by atoms with E-state index in [9.17, 15) is 13.2 Å². The first-order chi connectivity index (χ1) is 6.83. The molecule has 0 unspecified atom stereocenters. The molecule has 0 bridgehead atoms. The normalized spacial score (nSPS) is 11.3. The quantitative estimate of drug-likeness (QED) is 0.733. The topological polar surface area (TPSA) is 97.5 Å². The monoisotopic (exact) mass is 229 g/mol. The van der Waals surface area contributed by atoms with Crippen LogP contribution < -0.4 is 5.73 Å². The number of carboxylic acid groups (broad SMARTS) is 1. The Hall–Kier alpha value is -1.56. The molecule has 0 radical (unpaired) electrons. The maximum Gasteiger partial charge on any atom is 0.319 e. The largest absolute Gasteiger partial charge is 0.480 e. The number of nitrogen functional groups attached to an aromatic ring is 1. The SMILES string of the molecule is Cc1ccc(S(=O)(=O)CC(=O)O)cc1N. The van der Waals surface area contributed by atoms with Gasteiger partial charge < -0.3 is 10.8 Å². The third-order valence-electron chi connectivity index (χ3n) is 1.92. The molecule has 0 amide bonds. The minimum absolute atomic E-state index is 0.0620. The van der Waals surface area contributed by atoms with Crippen LogP contribution >= 0.6 is 0 Å². The van der Waals surface area contributed by atoms with Crippen LogP contribution in [0.15, 0.2) is 23.1 Å². The fourth-order valence-corrected chi connectivity index (χ4v) is 2.13. The summed E-state index contributed by atoms with van der Waals surface area (Å²) in [6.07, 6.45) is 0. The van der Waals surface area contributed by atoms with E-state index < -0.39 is 21.6 Å². The third-order valence-corrected chi connectivity index (χ3v) is 3.52. The molecule has 0 saturated heterocycles. The smallest absolute Gasteiger partial charge is 0.319 e. The van der Waals surface area contributed by atoms with Crippen LogP contribution in [0, 0.1) is 6.92 Å². The average Bonchev–Trinajstić information content (AvgIpc) is 2.07. The molecule has 0 atom stereocenters. The standard InChI is InChI=1S/C9H11NO4S/c1-6-2-3-7(4-8(6)10)15(13,14)5-9(11)12/h2-4H,5,10H2,1H3,(H,11,12). The number of sulfone groups is 1. The van der Waals surface area contributed by atoms with Gasteiger partial charge in [0.25, 0.3) is 0 Å². The van der Waals surface area contributed by atoms with Gasteiger partial charge in [-0.25, -0.2) is 8.42 Å². The van der Waals surface area contributed by atoms with E-state index in [1.165, 1.54) is 12.1 Å². The molecule has 1 aromatic rings. The number of benzene rings is 1. The van der Waals surface area contributed by atoms with Crippen LogP contribution in [0.1, 0.15) is 5.56 Å². The minimum atomic E-state index is -3.78. The predicted octanol–water partition coefficient (Wildman–Crippen LogP) is 0.436. The molecular weight excluding hydrogens is 218 g/mol. The van der Waals surface area contributed by atoms with Crippen molar-refractivity contribution in [2.75, 3.05) is 11.5 Å². The highest BCUT2D eigenvalue weighted by Gasteiger charge is 2.19. The molecule has 0 aliphatic rings. The van der Waals surface area contributed by atoms with Gasteiger partial charge in [-0.2, -0.15) is 0 Å². The van der Waals surface area contributed by atoms with Gasteiger partial charge in [0.1, 0.15) is 0 Å². The van der Waals surface area contributed by atoms with Crippen molar-refractivity contribution in [3.05, 3.63) is 23.8 Å². The van der Waals surface area contributed by atoms with Crippen molar-refractivity contribution < 1.29 is 18.3 Å². The van der Waals surface area contributed by atoms with E-state index in [-0.39, 0.29) is 4.90 Å². The molecule has 3 N–H and O–H groups in total. The number of aryl methyl sites for hydroxylation is 1. The van der Waals surface area contributed by atoms with E-state index >= 15 is 0 Å². The first kappa shape index (κ1) is 11.5. The molecule has 82 valence electrons. The van der Waals surface area contributed by atoms with Gasteiger partial charge in [0.15, 0.2) is 15.6 Å². The Morgan fingerprint density at radius 2 is 2.07 bits per heavy atom. The maximum absolute atomic E-state index is 11.5. The summed E-state index contributed by atoms with van der Waals surface area (Å²) in [5.74, 6) is -2.30. The Morgan fingerprint density at radius 3 is 2.53 bits per heavy atom. The number of nitrogens with two attached hydrogens (primary N) is 1. The summed E-state index contributed by atoms with van der Waals surface area (Å²) in [6.45, 7) is 1.74. The molecular formula is C9H11NO4S. The lowest BCUT2D eigenvalue weighted by molar-refractivity contribution is -0.134. The van der Waals surface area contributed by atoms with E-state index in [1.54, 1.807) is 13.0 Å². The molecule has 15 heavy (non-hydrogen) atoms. The first-order valence-electron chi connectivity index (χ1n) is 4.13. The van der Waals surface area contributed by atoms with Gasteiger partial charge >= 0.3 is 5.97 Å². The zero-order valence-electron chi connectivity index (χ0n) is 8.10. The second-order valence-electron chi connectivity index (χ2n) is 3.17. The summed E-state index contributed by atoms with van der Waals surface area (Å²) in [5.41, 5.74) is 6.62. The van der Waals surface area contributed by atoms with Crippen LogP contribution in [0.3, 0.4) is 0 Å². The van der Waals surface area contributed by atoms with E-state index in [0.717, 1.165) is 5.56 Å². The van der Waals surface area contributed by atoms with E-state index in [2.05, 4.69) is 0 Å². The Balaban J connectivity index is 3.17. The molecule has 0 spiro atoms. The molecule has 0 heterocycles. The number of anilines is 1. The number of hydrogen-bond donors (Lipinski definition) is 2. The highest BCUT2D eigenvalue weighted by Crippen LogP contribution is 2.18. The van der Waals surface area contributed by atoms with Crippen molar-refractivity contribution in [2.45, 2.75) is 11.8 Å². The molecule has 0 saturated carbocycles. The van der Waals surface area contributed by atoms with Gasteiger partial charge in [-0.3, -0.25) is 4.79 Å². The lowest BCUT2D eigenvalue weighted by atomic mass is 10.2. The van der Waals surface area contributed by atoms with Crippen LogP contribution in [-0.2, 0) is 14.6 Å². The van der Waals surface area contributed by atoms with Gasteiger partial charge in [-0.15, -0.1) is 0 Å². The fraction of sp³-hybridized carbons (Fsp3) is 0.222. The highest BCUT2D eigenvalue weighted by atomic mass is 32.2. The summed E-state index contributed by atoms with van der Waals surface area (Å²) in [6, 6.07) is 4.17. The molecule has 5 nitrogen and oxygen atoms in total. The zero-order chi connectivity index (χ0) is 11.6. The molecule has 1 aromatic carbocycles. The lowest BCUT2D eigenvalue weighted by Crippen LogP contribution is -2.15. The Bertz CT molecular complexity index is 493. The van der Waals surface area contributed by atoms with E-state index in [0.29, 0.717) is 5.69 Å². The summed E-state index contributed by atoms with van der Waals surface area (Å²) in [4.78, 5) is 10.3. The molecule has 6 heteroatoms. The summed E-state index contributed by atoms with van der Waals surface area (Å²) < 4.78 is 22.9. The van der Waals surface area contributed by atoms with E-state index in [4.69, 9.17) is 10.8 Å². The van der Waals surface area contributed by atoms with Gasteiger partial charge in [0.05, 0.1) is 4.90 Å². The molecule has 0 fully saturated rings. The summed E-state index contributed by atoms with van der Waals surface area (Å²) in [5, 5.41) is 8.42. The van der Waals surface area contributed by atoms with Crippen LogP contribution in [0.4, 0.5) is 5.69 Å². The zero-order valence-corrected chi connectivity index (χ0v) is 8.91. The van der Waals surface area contributed by atoms with Crippen molar-refractivity contribution in [1.29, 1.82) is 0 Å². The first-order valence-corrected chi connectivity index (χ1v) is 5.79. The molecule has 0 aliphatic carbocycles.